The molecule has 0 aliphatic carbocycles. The lowest BCUT2D eigenvalue weighted by atomic mass is 10.1. The molecule has 0 saturated heterocycles. The molecule has 1 aromatic rings. The van der Waals surface area contributed by atoms with E-state index in [1.807, 2.05) is 13.8 Å². The van der Waals surface area contributed by atoms with Crippen LogP contribution in [0, 0.1) is 11.7 Å². The molecule has 0 spiro atoms. The van der Waals surface area contributed by atoms with Gasteiger partial charge in [0.1, 0.15) is 6.54 Å². The van der Waals surface area contributed by atoms with Gasteiger partial charge in [0.2, 0.25) is 0 Å². The Balaban J connectivity index is 3.01. The van der Waals surface area contributed by atoms with Crippen molar-refractivity contribution in [3.63, 3.8) is 0 Å². The van der Waals surface area contributed by atoms with Gasteiger partial charge in [-0.15, -0.1) is 0 Å². The number of halogens is 1. The summed E-state index contributed by atoms with van der Waals surface area (Å²) in [5.74, 6) is -2.04. The van der Waals surface area contributed by atoms with Crippen molar-refractivity contribution in [2.75, 3.05) is 20.2 Å². The predicted octanol–water partition coefficient (Wildman–Crippen LogP) is 2.02. The minimum absolute atomic E-state index is 0.0457. The fourth-order valence-corrected chi connectivity index (χ4v) is 1.80. The minimum Gasteiger partial charge on any atom is -0.494 e. The van der Waals surface area contributed by atoms with Gasteiger partial charge >= 0.3 is 5.97 Å². The molecular formula is C14H18FNO4. The number of rotatable bonds is 6. The number of methoxy groups -OCH3 is 1. The van der Waals surface area contributed by atoms with Crippen LogP contribution < -0.4 is 4.74 Å². The normalized spacial score (nSPS) is 10.4. The number of carboxylic acid groups (broad SMARTS) is 1. The molecule has 0 heterocycles. The quantitative estimate of drug-likeness (QED) is 0.867. The molecule has 0 fully saturated rings. The Hall–Kier alpha value is -2.11. The molecule has 0 aliphatic heterocycles. The average Bonchev–Trinajstić information content (AvgIpc) is 2.36. The SMILES string of the molecule is COc1cc(C(=O)N(CC(=O)O)CC(C)C)ccc1F. The molecule has 0 saturated carbocycles. The highest BCUT2D eigenvalue weighted by molar-refractivity contribution is 5.96. The molecule has 20 heavy (non-hydrogen) atoms. The molecule has 0 atom stereocenters. The lowest BCUT2D eigenvalue weighted by Gasteiger charge is -2.23. The van der Waals surface area contributed by atoms with Crippen LogP contribution in [-0.2, 0) is 4.79 Å². The van der Waals surface area contributed by atoms with Crippen LogP contribution in [-0.4, -0.2) is 42.1 Å². The molecule has 1 amide bonds. The number of carbonyl (C=O) groups is 2. The number of benzene rings is 1. The minimum atomic E-state index is -1.09. The molecule has 1 aromatic carbocycles. The van der Waals surface area contributed by atoms with Crippen molar-refractivity contribution >= 4 is 11.9 Å². The van der Waals surface area contributed by atoms with E-state index in [2.05, 4.69) is 0 Å². The van der Waals surface area contributed by atoms with E-state index in [1.54, 1.807) is 0 Å². The largest absolute Gasteiger partial charge is 0.494 e. The summed E-state index contributed by atoms with van der Waals surface area (Å²) in [4.78, 5) is 24.3. The Morgan fingerprint density at radius 1 is 1.40 bits per heavy atom. The van der Waals surface area contributed by atoms with E-state index in [9.17, 15) is 14.0 Å². The fraction of sp³-hybridized carbons (Fsp3) is 0.429. The number of hydrogen-bond donors (Lipinski definition) is 1. The zero-order valence-electron chi connectivity index (χ0n) is 11.7. The van der Waals surface area contributed by atoms with Gasteiger partial charge in [-0.2, -0.15) is 0 Å². The van der Waals surface area contributed by atoms with Gasteiger partial charge in [0.15, 0.2) is 11.6 Å². The first kappa shape index (κ1) is 15.9. The zero-order valence-corrected chi connectivity index (χ0v) is 11.7. The second-order valence-corrected chi connectivity index (χ2v) is 4.82. The molecular weight excluding hydrogens is 265 g/mol. The second kappa shape index (κ2) is 6.88. The first-order valence-corrected chi connectivity index (χ1v) is 6.19. The molecule has 0 aromatic heterocycles. The topological polar surface area (TPSA) is 66.8 Å². The van der Waals surface area contributed by atoms with Crippen LogP contribution in [0.4, 0.5) is 4.39 Å². The zero-order chi connectivity index (χ0) is 15.3. The summed E-state index contributed by atoms with van der Waals surface area (Å²) >= 11 is 0. The maximum absolute atomic E-state index is 13.3. The van der Waals surface area contributed by atoms with Crippen molar-refractivity contribution in [1.29, 1.82) is 0 Å². The standard InChI is InChI=1S/C14H18FNO4/c1-9(2)7-16(8-13(17)18)14(19)10-4-5-11(15)12(6-10)20-3/h4-6,9H,7-8H2,1-3H3,(H,17,18). The summed E-state index contributed by atoms with van der Waals surface area (Å²) in [7, 11) is 1.30. The van der Waals surface area contributed by atoms with Crippen LogP contribution >= 0.6 is 0 Å². The highest BCUT2D eigenvalue weighted by Crippen LogP contribution is 2.19. The molecule has 5 nitrogen and oxygen atoms in total. The van der Waals surface area contributed by atoms with Gasteiger partial charge in [0.05, 0.1) is 7.11 Å². The first-order valence-electron chi connectivity index (χ1n) is 6.19. The van der Waals surface area contributed by atoms with Crippen molar-refractivity contribution in [2.24, 2.45) is 5.92 Å². The third-order valence-electron chi connectivity index (χ3n) is 2.60. The third kappa shape index (κ3) is 4.22. The fourth-order valence-electron chi connectivity index (χ4n) is 1.80. The van der Waals surface area contributed by atoms with E-state index in [0.717, 1.165) is 6.07 Å². The summed E-state index contributed by atoms with van der Waals surface area (Å²) < 4.78 is 18.1. The van der Waals surface area contributed by atoms with Gasteiger partial charge in [-0.05, 0) is 24.1 Å². The van der Waals surface area contributed by atoms with Crippen molar-refractivity contribution in [3.8, 4) is 5.75 Å². The Bertz CT molecular complexity index is 502. The monoisotopic (exact) mass is 283 g/mol. The predicted molar refractivity (Wildman–Crippen MR) is 71.3 cm³/mol. The first-order chi connectivity index (χ1) is 9.35. The summed E-state index contributed by atoms with van der Waals surface area (Å²) in [6, 6.07) is 3.71. The average molecular weight is 283 g/mol. The van der Waals surface area contributed by atoms with E-state index in [-0.39, 0.29) is 17.2 Å². The Morgan fingerprint density at radius 3 is 2.55 bits per heavy atom. The summed E-state index contributed by atoms with van der Waals surface area (Å²) in [6.45, 7) is 3.68. The number of hydrogen-bond acceptors (Lipinski definition) is 3. The summed E-state index contributed by atoms with van der Waals surface area (Å²) in [6.07, 6.45) is 0. The number of carboxylic acids is 1. The molecule has 0 radical (unpaired) electrons. The van der Waals surface area contributed by atoms with E-state index < -0.39 is 24.2 Å². The molecule has 110 valence electrons. The van der Waals surface area contributed by atoms with Gasteiger partial charge in [-0.3, -0.25) is 9.59 Å². The van der Waals surface area contributed by atoms with Crippen molar-refractivity contribution in [3.05, 3.63) is 29.6 Å². The van der Waals surface area contributed by atoms with Crippen molar-refractivity contribution < 1.29 is 23.8 Å². The van der Waals surface area contributed by atoms with Crippen LogP contribution in [0.15, 0.2) is 18.2 Å². The number of nitrogens with zero attached hydrogens (tertiary/aromatic N) is 1. The highest BCUT2D eigenvalue weighted by atomic mass is 19.1. The van der Waals surface area contributed by atoms with Gasteiger partial charge < -0.3 is 14.7 Å². The maximum Gasteiger partial charge on any atom is 0.323 e. The van der Waals surface area contributed by atoms with E-state index >= 15 is 0 Å². The summed E-state index contributed by atoms with van der Waals surface area (Å²) in [5.41, 5.74) is 0.199. The molecule has 6 heteroatoms. The molecule has 1 rings (SSSR count). The van der Waals surface area contributed by atoms with Crippen LogP contribution in [0.2, 0.25) is 0 Å². The lowest BCUT2D eigenvalue weighted by molar-refractivity contribution is -0.137. The number of amides is 1. The van der Waals surface area contributed by atoms with Crippen LogP contribution in [0.3, 0.4) is 0 Å². The summed E-state index contributed by atoms with van der Waals surface area (Å²) in [5, 5.41) is 8.86. The van der Waals surface area contributed by atoms with E-state index in [4.69, 9.17) is 9.84 Å². The van der Waals surface area contributed by atoms with Crippen LogP contribution in [0.25, 0.3) is 0 Å². The van der Waals surface area contributed by atoms with E-state index in [0.29, 0.717) is 6.54 Å². The van der Waals surface area contributed by atoms with E-state index in [1.165, 1.54) is 24.1 Å². The lowest BCUT2D eigenvalue weighted by Crippen LogP contribution is -2.38. The van der Waals surface area contributed by atoms with Gasteiger partial charge in [0, 0.05) is 12.1 Å². The van der Waals surface area contributed by atoms with Crippen LogP contribution in [0.5, 0.6) is 5.75 Å². The number of ether oxygens (including phenoxy) is 1. The van der Waals surface area contributed by atoms with Crippen molar-refractivity contribution in [1.82, 2.24) is 4.90 Å². The number of aliphatic carboxylic acids is 1. The maximum atomic E-state index is 13.3. The molecule has 0 unspecified atom stereocenters. The highest BCUT2D eigenvalue weighted by Gasteiger charge is 2.20. The Kier molecular flexibility index (Phi) is 5.49. The van der Waals surface area contributed by atoms with Gasteiger partial charge in [0.25, 0.3) is 5.91 Å². The number of carbonyl (C=O) groups excluding carboxylic acids is 1. The smallest absolute Gasteiger partial charge is 0.323 e. The second-order valence-electron chi connectivity index (χ2n) is 4.82. The molecule has 0 bridgehead atoms. The van der Waals surface area contributed by atoms with Gasteiger partial charge in [-0.1, -0.05) is 13.8 Å². The Morgan fingerprint density at radius 2 is 2.05 bits per heavy atom. The Labute approximate surface area is 117 Å². The van der Waals surface area contributed by atoms with Crippen molar-refractivity contribution in [2.45, 2.75) is 13.8 Å². The molecule has 0 aliphatic rings. The van der Waals surface area contributed by atoms with Crippen LogP contribution in [0.1, 0.15) is 24.2 Å². The third-order valence-corrected chi connectivity index (χ3v) is 2.60. The van der Waals surface area contributed by atoms with Gasteiger partial charge in [-0.25, -0.2) is 4.39 Å². The molecule has 1 N–H and O–H groups in total.